The van der Waals surface area contributed by atoms with Gasteiger partial charge in [-0.2, -0.15) is 0 Å². The number of aromatic nitrogens is 3. The van der Waals surface area contributed by atoms with E-state index < -0.39 is 15.8 Å². The number of rotatable bonds is 4. The standard InChI is InChI=1S/C21H21FN4O3S/c22-18-7-5-15(13-17(18)21-24-23-20-4-2-1-3-10-26(20)21)25-30(27,28)16-6-8-19-14(12-16)9-11-29-19/h5-8,12-13,25H,1-4,9-11H2. The van der Waals surface area contributed by atoms with Crippen LogP contribution in [0.2, 0.25) is 0 Å². The van der Waals surface area contributed by atoms with E-state index in [9.17, 15) is 12.8 Å². The minimum atomic E-state index is -3.83. The van der Waals surface area contributed by atoms with Crippen molar-refractivity contribution in [1.29, 1.82) is 0 Å². The fourth-order valence-electron chi connectivity index (χ4n) is 3.99. The average molecular weight is 428 g/mol. The summed E-state index contributed by atoms with van der Waals surface area (Å²) in [5.41, 5.74) is 1.37. The summed E-state index contributed by atoms with van der Waals surface area (Å²) in [4.78, 5) is 0.147. The maximum atomic E-state index is 14.6. The van der Waals surface area contributed by atoms with Crippen molar-refractivity contribution in [2.45, 2.75) is 43.5 Å². The Morgan fingerprint density at radius 3 is 2.83 bits per heavy atom. The van der Waals surface area contributed by atoms with Gasteiger partial charge in [0.05, 0.1) is 17.1 Å². The van der Waals surface area contributed by atoms with Crippen LogP contribution in [0.25, 0.3) is 11.4 Å². The van der Waals surface area contributed by atoms with Crippen molar-refractivity contribution in [2.75, 3.05) is 11.3 Å². The molecule has 0 unspecified atom stereocenters. The maximum Gasteiger partial charge on any atom is 0.261 e. The summed E-state index contributed by atoms with van der Waals surface area (Å²) in [6, 6.07) is 8.93. The SMILES string of the molecule is O=S(=O)(Nc1ccc(F)c(-c2nnc3n2CCCCC3)c1)c1ccc2c(c1)CCO2. The number of nitrogens with one attached hydrogen (secondary N) is 1. The molecule has 2 aromatic carbocycles. The van der Waals surface area contributed by atoms with E-state index in [2.05, 4.69) is 14.9 Å². The Morgan fingerprint density at radius 1 is 1.03 bits per heavy atom. The zero-order chi connectivity index (χ0) is 20.7. The molecular formula is C21H21FN4O3S. The Bertz CT molecular complexity index is 1220. The highest BCUT2D eigenvalue weighted by Gasteiger charge is 2.22. The number of sulfonamides is 1. The van der Waals surface area contributed by atoms with Crippen LogP contribution in [0.5, 0.6) is 5.75 Å². The number of benzene rings is 2. The molecule has 0 fully saturated rings. The first-order valence-electron chi connectivity index (χ1n) is 10.0. The minimum absolute atomic E-state index is 0.147. The van der Waals surface area contributed by atoms with Crippen LogP contribution in [0, 0.1) is 5.82 Å². The number of anilines is 1. The lowest BCUT2D eigenvalue weighted by atomic mass is 10.1. The Labute approximate surface area is 174 Å². The number of aryl methyl sites for hydroxylation is 1. The highest BCUT2D eigenvalue weighted by atomic mass is 32.2. The fraction of sp³-hybridized carbons (Fsp3) is 0.333. The van der Waals surface area contributed by atoms with Crippen molar-refractivity contribution >= 4 is 15.7 Å². The van der Waals surface area contributed by atoms with Crippen LogP contribution in [-0.2, 0) is 29.4 Å². The average Bonchev–Trinajstić information content (AvgIpc) is 3.29. The van der Waals surface area contributed by atoms with Crippen LogP contribution in [0.4, 0.5) is 10.1 Å². The van der Waals surface area contributed by atoms with E-state index in [-0.39, 0.29) is 16.1 Å². The van der Waals surface area contributed by atoms with E-state index in [0.29, 0.717) is 24.6 Å². The van der Waals surface area contributed by atoms with Gasteiger partial charge in [-0.3, -0.25) is 4.72 Å². The maximum absolute atomic E-state index is 14.6. The lowest BCUT2D eigenvalue weighted by Crippen LogP contribution is -2.13. The molecule has 3 aromatic rings. The number of hydrogen-bond donors (Lipinski definition) is 1. The van der Waals surface area contributed by atoms with Crippen LogP contribution in [0.15, 0.2) is 41.3 Å². The molecule has 0 saturated carbocycles. The minimum Gasteiger partial charge on any atom is -0.493 e. The molecule has 0 spiro atoms. The van der Waals surface area contributed by atoms with Crippen molar-refractivity contribution in [2.24, 2.45) is 0 Å². The van der Waals surface area contributed by atoms with Gasteiger partial charge in [0, 0.05) is 25.1 Å². The van der Waals surface area contributed by atoms with Gasteiger partial charge < -0.3 is 9.30 Å². The molecule has 1 aromatic heterocycles. The molecule has 0 bridgehead atoms. The molecule has 1 N–H and O–H groups in total. The van der Waals surface area contributed by atoms with Gasteiger partial charge in [-0.25, -0.2) is 12.8 Å². The number of fused-ring (bicyclic) bond motifs is 2. The zero-order valence-corrected chi connectivity index (χ0v) is 17.1. The summed E-state index contributed by atoms with van der Waals surface area (Å²) < 4.78 is 50.3. The molecule has 7 nitrogen and oxygen atoms in total. The van der Waals surface area contributed by atoms with Gasteiger partial charge in [0.1, 0.15) is 17.4 Å². The van der Waals surface area contributed by atoms with E-state index in [0.717, 1.165) is 43.6 Å². The van der Waals surface area contributed by atoms with Crippen molar-refractivity contribution in [3.8, 4) is 17.1 Å². The molecule has 0 aliphatic carbocycles. The second-order valence-electron chi connectivity index (χ2n) is 7.57. The van der Waals surface area contributed by atoms with Crippen LogP contribution in [-0.4, -0.2) is 29.8 Å². The van der Waals surface area contributed by atoms with Gasteiger partial charge in [0.25, 0.3) is 10.0 Å². The Morgan fingerprint density at radius 2 is 1.93 bits per heavy atom. The number of ether oxygens (including phenoxy) is 1. The predicted molar refractivity (Wildman–Crippen MR) is 109 cm³/mol. The molecule has 30 heavy (non-hydrogen) atoms. The number of hydrogen-bond acceptors (Lipinski definition) is 5. The van der Waals surface area contributed by atoms with Gasteiger partial charge in [0.2, 0.25) is 0 Å². The first kappa shape index (κ1) is 19.0. The molecule has 0 saturated heterocycles. The molecule has 2 aliphatic rings. The molecule has 156 valence electrons. The molecule has 0 atom stereocenters. The Hall–Kier alpha value is -2.94. The molecule has 9 heteroatoms. The van der Waals surface area contributed by atoms with Crippen molar-refractivity contribution < 1.29 is 17.5 Å². The van der Waals surface area contributed by atoms with Crippen molar-refractivity contribution in [3.63, 3.8) is 0 Å². The van der Waals surface area contributed by atoms with Gasteiger partial charge in [-0.05, 0) is 54.8 Å². The summed E-state index contributed by atoms with van der Waals surface area (Å²) in [6.07, 6.45) is 4.59. The van der Waals surface area contributed by atoms with E-state index in [1.165, 1.54) is 24.3 Å². The lowest BCUT2D eigenvalue weighted by molar-refractivity contribution is 0.356. The summed E-state index contributed by atoms with van der Waals surface area (Å²) in [7, 11) is -3.83. The smallest absolute Gasteiger partial charge is 0.261 e. The van der Waals surface area contributed by atoms with Crippen LogP contribution in [0.3, 0.4) is 0 Å². The monoisotopic (exact) mass is 428 g/mol. The highest BCUT2D eigenvalue weighted by molar-refractivity contribution is 7.92. The Balaban J connectivity index is 1.48. The van der Waals surface area contributed by atoms with E-state index in [1.807, 2.05) is 4.57 Å². The largest absolute Gasteiger partial charge is 0.493 e. The summed E-state index contributed by atoms with van der Waals surface area (Å²) in [5.74, 6) is 1.52. The quantitative estimate of drug-likeness (QED) is 0.687. The van der Waals surface area contributed by atoms with Gasteiger partial charge in [-0.1, -0.05) is 6.42 Å². The summed E-state index contributed by atoms with van der Waals surface area (Å²) in [5, 5.41) is 8.40. The zero-order valence-electron chi connectivity index (χ0n) is 16.3. The van der Waals surface area contributed by atoms with E-state index >= 15 is 0 Å². The number of halogens is 1. The van der Waals surface area contributed by atoms with Gasteiger partial charge in [-0.15, -0.1) is 10.2 Å². The number of nitrogens with zero attached hydrogens (tertiary/aromatic N) is 3. The second-order valence-corrected chi connectivity index (χ2v) is 9.25. The van der Waals surface area contributed by atoms with Crippen LogP contribution >= 0.6 is 0 Å². The third-order valence-corrected chi connectivity index (χ3v) is 6.92. The molecule has 0 radical (unpaired) electrons. The molecule has 0 amide bonds. The van der Waals surface area contributed by atoms with Crippen molar-refractivity contribution in [1.82, 2.24) is 14.8 Å². The van der Waals surface area contributed by atoms with Crippen molar-refractivity contribution in [3.05, 3.63) is 53.6 Å². The molecule has 5 rings (SSSR count). The predicted octanol–water partition coefficient (Wildman–Crippen LogP) is 3.55. The third-order valence-electron chi connectivity index (χ3n) is 5.54. The third kappa shape index (κ3) is 3.43. The summed E-state index contributed by atoms with van der Waals surface area (Å²) >= 11 is 0. The second kappa shape index (κ2) is 7.39. The Kier molecular flexibility index (Phi) is 4.69. The van der Waals surface area contributed by atoms with E-state index in [4.69, 9.17) is 4.74 Å². The van der Waals surface area contributed by atoms with Gasteiger partial charge >= 0.3 is 0 Å². The summed E-state index contributed by atoms with van der Waals surface area (Å²) in [6.45, 7) is 1.28. The first-order chi connectivity index (χ1) is 14.5. The molecule has 2 aliphatic heterocycles. The van der Waals surface area contributed by atoms with E-state index in [1.54, 1.807) is 12.1 Å². The molecular weight excluding hydrogens is 407 g/mol. The fourth-order valence-corrected chi connectivity index (χ4v) is 5.09. The van der Waals surface area contributed by atoms with Crippen LogP contribution < -0.4 is 9.46 Å². The molecule has 3 heterocycles. The normalized spacial score (nSPS) is 15.8. The van der Waals surface area contributed by atoms with Gasteiger partial charge in [0.15, 0.2) is 5.82 Å². The van der Waals surface area contributed by atoms with Crippen LogP contribution in [0.1, 0.15) is 30.7 Å². The lowest BCUT2D eigenvalue weighted by Gasteiger charge is -2.12. The first-order valence-corrected chi connectivity index (χ1v) is 11.5. The topological polar surface area (TPSA) is 86.1 Å². The highest BCUT2D eigenvalue weighted by Crippen LogP contribution is 2.30.